The molecular formula is C24H26N2O4. The number of hydrogen-bond donors (Lipinski definition) is 1. The van der Waals surface area contributed by atoms with Crippen molar-refractivity contribution in [1.29, 1.82) is 0 Å². The Bertz CT molecular complexity index is 962. The zero-order valence-corrected chi connectivity index (χ0v) is 17.2. The first-order valence-corrected chi connectivity index (χ1v) is 10.2. The average Bonchev–Trinajstić information content (AvgIpc) is 3.05. The number of hydrogen-bond acceptors (Lipinski definition) is 5. The summed E-state index contributed by atoms with van der Waals surface area (Å²) < 4.78 is 5.42. The largest absolute Gasteiger partial charge is 0.503 e. The Kier molecular flexibility index (Phi) is 5.59. The van der Waals surface area contributed by atoms with E-state index in [0.717, 1.165) is 29.9 Å². The summed E-state index contributed by atoms with van der Waals surface area (Å²) in [7, 11) is 0. The number of amides is 1. The van der Waals surface area contributed by atoms with Crippen LogP contribution < -0.4 is 4.90 Å². The lowest BCUT2D eigenvalue weighted by Crippen LogP contribution is -2.36. The molecule has 1 fully saturated rings. The van der Waals surface area contributed by atoms with Crippen LogP contribution in [0, 0.1) is 0 Å². The molecule has 0 saturated carbocycles. The number of anilines is 1. The number of carbonyl (C=O) groups excluding carboxylic acids is 2. The van der Waals surface area contributed by atoms with Crippen LogP contribution in [0.5, 0.6) is 0 Å². The molecule has 2 aliphatic heterocycles. The topological polar surface area (TPSA) is 70.1 Å². The summed E-state index contributed by atoms with van der Waals surface area (Å²) in [4.78, 5) is 29.2. The van der Waals surface area contributed by atoms with Crippen molar-refractivity contribution >= 4 is 17.4 Å². The third-order valence-electron chi connectivity index (χ3n) is 5.91. The number of aliphatic hydroxyl groups excluding tert-OH is 1. The van der Waals surface area contributed by atoms with Crippen molar-refractivity contribution in [3.63, 3.8) is 0 Å². The molecule has 2 unspecified atom stereocenters. The molecule has 156 valence electrons. The van der Waals surface area contributed by atoms with Gasteiger partial charge in [0.05, 0.1) is 30.9 Å². The first-order valence-electron chi connectivity index (χ1n) is 10.2. The molecule has 0 bridgehead atoms. The summed E-state index contributed by atoms with van der Waals surface area (Å²) in [5.74, 6) is -1.27. The van der Waals surface area contributed by atoms with Gasteiger partial charge in [-0.2, -0.15) is 0 Å². The molecule has 0 spiro atoms. The molecule has 1 saturated heterocycles. The van der Waals surface area contributed by atoms with Gasteiger partial charge in [0.25, 0.3) is 5.91 Å². The van der Waals surface area contributed by atoms with Gasteiger partial charge in [-0.3, -0.25) is 9.59 Å². The fraction of sp³-hybridized carbons (Fsp3) is 0.333. The minimum Gasteiger partial charge on any atom is -0.503 e. The van der Waals surface area contributed by atoms with E-state index in [1.807, 2.05) is 61.5 Å². The average molecular weight is 406 g/mol. The summed E-state index contributed by atoms with van der Waals surface area (Å²) in [6.45, 7) is 6.37. The van der Waals surface area contributed by atoms with Crippen LogP contribution >= 0.6 is 0 Å². The minimum absolute atomic E-state index is 0.155. The van der Waals surface area contributed by atoms with E-state index < -0.39 is 17.7 Å². The Morgan fingerprint density at radius 2 is 1.70 bits per heavy atom. The maximum atomic E-state index is 13.0. The second kappa shape index (κ2) is 8.32. The Morgan fingerprint density at radius 3 is 2.30 bits per heavy atom. The summed E-state index contributed by atoms with van der Waals surface area (Å²) in [5, 5.41) is 10.5. The van der Waals surface area contributed by atoms with Crippen molar-refractivity contribution in [3.8, 4) is 0 Å². The Balaban J connectivity index is 1.71. The molecule has 0 radical (unpaired) electrons. The lowest BCUT2D eigenvalue weighted by atomic mass is 9.94. The molecule has 0 aliphatic carbocycles. The fourth-order valence-corrected chi connectivity index (χ4v) is 4.29. The molecule has 6 nitrogen and oxygen atoms in total. The number of aliphatic hydroxyl groups is 1. The Morgan fingerprint density at radius 1 is 1.07 bits per heavy atom. The highest BCUT2D eigenvalue weighted by molar-refractivity contribution is 6.08. The van der Waals surface area contributed by atoms with E-state index in [1.165, 1.54) is 6.92 Å². The summed E-state index contributed by atoms with van der Waals surface area (Å²) >= 11 is 0. The standard InChI is InChI=1S/C24H26N2O4/c1-16(18-6-4-3-5-7-18)26-22(21(17(2)27)23(28)24(26)29)19-8-10-20(11-9-19)25-12-14-30-15-13-25/h3-11,16,22,28H,12-15H2,1-2H3. The monoisotopic (exact) mass is 406 g/mol. The quantitative estimate of drug-likeness (QED) is 0.822. The molecule has 0 aromatic heterocycles. The van der Waals surface area contributed by atoms with Gasteiger partial charge >= 0.3 is 0 Å². The normalized spacial score (nSPS) is 20.6. The van der Waals surface area contributed by atoms with Crippen molar-refractivity contribution in [1.82, 2.24) is 4.90 Å². The third kappa shape index (κ3) is 3.59. The highest BCUT2D eigenvalue weighted by Crippen LogP contribution is 2.43. The summed E-state index contributed by atoms with van der Waals surface area (Å²) in [6, 6.07) is 16.6. The number of carbonyl (C=O) groups is 2. The number of morpholine rings is 1. The maximum Gasteiger partial charge on any atom is 0.290 e. The van der Waals surface area contributed by atoms with Crippen LogP contribution in [0.1, 0.15) is 37.1 Å². The van der Waals surface area contributed by atoms with Gasteiger partial charge in [0.2, 0.25) is 0 Å². The van der Waals surface area contributed by atoms with E-state index in [0.29, 0.717) is 13.2 Å². The van der Waals surface area contributed by atoms with E-state index >= 15 is 0 Å². The number of Topliss-reactive ketones (excluding diaryl/α,β-unsaturated/α-hetero) is 1. The van der Waals surface area contributed by atoms with E-state index in [1.54, 1.807) is 4.90 Å². The molecule has 30 heavy (non-hydrogen) atoms. The molecule has 2 aromatic carbocycles. The van der Waals surface area contributed by atoms with Gasteiger partial charge in [0, 0.05) is 18.8 Å². The van der Waals surface area contributed by atoms with Gasteiger partial charge in [-0.25, -0.2) is 0 Å². The van der Waals surface area contributed by atoms with Gasteiger partial charge in [0.1, 0.15) is 0 Å². The predicted octanol–water partition coefficient (Wildman–Crippen LogP) is 3.57. The maximum absolute atomic E-state index is 13.0. The highest BCUT2D eigenvalue weighted by atomic mass is 16.5. The molecule has 2 aromatic rings. The second-order valence-electron chi connectivity index (χ2n) is 7.71. The Hall–Kier alpha value is -3.12. The minimum atomic E-state index is -0.621. The van der Waals surface area contributed by atoms with Crippen LogP contribution in [0.4, 0.5) is 5.69 Å². The Labute approximate surface area is 176 Å². The fourth-order valence-electron chi connectivity index (χ4n) is 4.29. The van der Waals surface area contributed by atoms with Gasteiger partial charge in [-0.15, -0.1) is 0 Å². The first kappa shape index (κ1) is 20.2. The predicted molar refractivity (Wildman–Crippen MR) is 114 cm³/mol. The zero-order chi connectivity index (χ0) is 21.3. The molecule has 4 rings (SSSR count). The SMILES string of the molecule is CC(=O)C1=C(O)C(=O)N(C(C)c2ccccc2)C1c1ccc(N2CCOCC2)cc1. The van der Waals surface area contributed by atoms with Crippen molar-refractivity contribution in [3.05, 3.63) is 77.1 Å². The van der Waals surface area contributed by atoms with Gasteiger partial charge in [-0.05, 0) is 37.1 Å². The van der Waals surface area contributed by atoms with E-state index in [9.17, 15) is 14.7 Å². The zero-order valence-electron chi connectivity index (χ0n) is 17.2. The van der Waals surface area contributed by atoms with Crippen LogP contribution in [-0.2, 0) is 14.3 Å². The molecule has 6 heteroatoms. The van der Waals surface area contributed by atoms with Crippen LogP contribution in [-0.4, -0.2) is 48.0 Å². The molecular weight excluding hydrogens is 380 g/mol. The lowest BCUT2D eigenvalue weighted by Gasteiger charge is -2.33. The third-order valence-corrected chi connectivity index (χ3v) is 5.91. The van der Waals surface area contributed by atoms with Crippen LogP contribution in [0.15, 0.2) is 65.9 Å². The van der Waals surface area contributed by atoms with Crippen molar-refractivity contribution in [2.45, 2.75) is 25.9 Å². The van der Waals surface area contributed by atoms with Crippen molar-refractivity contribution in [2.75, 3.05) is 31.2 Å². The van der Waals surface area contributed by atoms with Crippen LogP contribution in [0.3, 0.4) is 0 Å². The van der Waals surface area contributed by atoms with E-state index in [2.05, 4.69) is 4.90 Å². The highest BCUT2D eigenvalue weighted by Gasteiger charge is 2.44. The van der Waals surface area contributed by atoms with Crippen molar-refractivity contribution < 1.29 is 19.4 Å². The molecule has 2 atom stereocenters. The first-order chi connectivity index (χ1) is 14.5. The second-order valence-corrected chi connectivity index (χ2v) is 7.71. The van der Waals surface area contributed by atoms with Crippen LogP contribution in [0.25, 0.3) is 0 Å². The number of ketones is 1. The van der Waals surface area contributed by atoms with E-state index in [-0.39, 0.29) is 17.4 Å². The van der Waals surface area contributed by atoms with E-state index in [4.69, 9.17) is 4.74 Å². The number of ether oxygens (including phenoxy) is 1. The van der Waals surface area contributed by atoms with Gasteiger partial charge in [0.15, 0.2) is 11.5 Å². The van der Waals surface area contributed by atoms with Crippen LogP contribution in [0.2, 0.25) is 0 Å². The number of rotatable bonds is 5. The molecule has 2 heterocycles. The molecule has 1 N–H and O–H groups in total. The smallest absolute Gasteiger partial charge is 0.290 e. The molecule has 1 amide bonds. The summed E-state index contributed by atoms with van der Waals surface area (Å²) in [6.07, 6.45) is 0. The molecule has 2 aliphatic rings. The lowest BCUT2D eigenvalue weighted by molar-refractivity contribution is -0.131. The number of benzene rings is 2. The number of nitrogens with zero attached hydrogens (tertiary/aromatic N) is 2. The van der Waals surface area contributed by atoms with Gasteiger partial charge in [-0.1, -0.05) is 42.5 Å². The van der Waals surface area contributed by atoms with Crippen molar-refractivity contribution in [2.24, 2.45) is 0 Å². The van der Waals surface area contributed by atoms with Gasteiger partial charge < -0.3 is 19.6 Å². The summed E-state index contributed by atoms with van der Waals surface area (Å²) in [5.41, 5.74) is 2.98.